The minimum Gasteiger partial charge on any atom is -0.480 e. The van der Waals surface area contributed by atoms with E-state index in [-0.39, 0.29) is 11.7 Å². The van der Waals surface area contributed by atoms with E-state index >= 15 is 0 Å². The fraction of sp³-hybridized carbons (Fsp3) is 0.538. The average Bonchev–Trinajstić information content (AvgIpc) is 2.81. The molecule has 0 aliphatic carbocycles. The van der Waals surface area contributed by atoms with Crippen molar-refractivity contribution >= 4 is 11.9 Å². The highest BCUT2D eigenvalue weighted by Crippen LogP contribution is 2.13. The molecule has 5 nitrogen and oxygen atoms in total. The predicted molar refractivity (Wildman–Crippen MR) is 68.9 cm³/mol. The highest BCUT2D eigenvalue weighted by Gasteiger charge is 2.25. The van der Waals surface area contributed by atoms with E-state index in [2.05, 4.69) is 0 Å². The fourth-order valence-corrected chi connectivity index (χ4v) is 1.86. The van der Waals surface area contributed by atoms with E-state index in [1.54, 1.807) is 6.92 Å². The van der Waals surface area contributed by atoms with Gasteiger partial charge in [0.2, 0.25) is 0 Å². The Morgan fingerprint density at radius 2 is 2.10 bits per heavy atom. The van der Waals surface area contributed by atoms with Crippen molar-refractivity contribution in [1.82, 2.24) is 9.47 Å². The number of rotatable bonds is 7. The molecule has 0 saturated carbocycles. The van der Waals surface area contributed by atoms with Crippen molar-refractivity contribution in [2.45, 2.75) is 39.3 Å². The lowest BCUT2D eigenvalue weighted by atomic mass is 10.2. The Labute approximate surface area is 115 Å². The predicted octanol–water partition coefficient (Wildman–Crippen LogP) is 2.08. The molecule has 0 spiro atoms. The number of aromatic nitrogens is 1. The number of hydrogen-bond acceptors (Lipinski definition) is 2. The summed E-state index contributed by atoms with van der Waals surface area (Å²) in [6.45, 7) is 2.51. The van der Waals surface area contributed by atoms with Crippen molar-refractivity contribution in [2.75, 3.05) is 6.54 Å². The normalized spacial score (nSPS) is 12.4. The number of carbonyl (C=O) groups excluding carboxylic acids is 1. The Bertz CT molecular complexity index is 474. The zero-order valence-electron chi connectivity index (χ0n) is 11.4. The molecule has 0 fully saturated rings. The molecular weight excluding hydrogens is 270 g/mol. The first-order valence-corrected chi connectivity index (χ1v) is 6.32. The summed E-state index contributed by atoms with van der Waals surface area (Å²) in [6.07, 6.45) is -0.616. The van der Waals surface area contributed by atoms with Crippen molar-refractivity contribution in [1.29, 1.82) is 0 Å². The van der Waals surface area contributed by atoms with Crippen molar-refractivity contribution in [3.8, 4) is 0 Å². The highest BCUT2D eigenvalue weighted by molar-refractivity contribution is 5.94. The van der Waals surface area contributed by atoms with Crippen LogP contribution in [0.25, 0.3) is 0 Å². The standard InChI is InChI=1S/C13H18F2N2O3/c1-3-9(2)17(8-12(18)19)13(20)10-5-4-6-16(10)7-11(14)15/h4-6,9,11H,3,7-8H2,1-2H3,(H,18,19). The van der Waals surface area contributed by atoms with Crippen LogP contribution in [0, 0.1) is 0 Å². The number of nitrogens with zero attached hydrogens (tertiary/aromatic N) is 2. The molecule has 7 heteroatoms. The van der Waals surface area contributed by atoms with Gasteiger partial charge < -0.3 is 14.6 Å². The van der Waals surface area contributed by atoms with Crippen molar-refractivity contribution in [3.63, 3.8) is 0 Å². The van der Waals surface area contributed by atoms with Crippen molar-refractivity contribution in [2.24, 2.45) is 0 Å². The van der Waals surface area contributed by atoms with Crippen LogP contribution in [-0.4, -0.2) is 45.5 Å². The number of halogens is 2. The Morgan fingerprint density at radius 3 is 2.60 bits per heavy atom. The van der Waals surface area contributed by atoms with Crippen LogP contribution in [0.15, 0.2) is 18.3 Å². The minimum absolute atomic E-state index is 0.0758. The number of alkyl halides is 2. The average molecular weight is 288 g/mol. The summed E-state index contributed by atoms with van der Waals surface area (Å²) in [5.41, 5.74) is 0.0758. The topological polar surface area (TPSA) is 62.5 Å². The lowest BCUT2D eigenvalue weighted by Gasteiger charge is -2.27. The molecule has 0 aliphatic rings. The molecule has 112 valence electrons. The molecule has 1 N–H and O–H groups in total. The molecule has 0 radical (unpaired) electrons. The van der Waals surface area contributed by atoms with Crippen LogP contribution in [0.3, 0.4) is 0 Å². The number of carboxylic acids is 1. The summed E-state index contributed by atoms with van der Waals surface area (Å²) < 4.78 is 26.0. The SMILES string of the molecule is CCC(C)N(CC(=O)O)C(=O)c1cccn1CC(F)F. The van der Waals surface area contributed by atoms with Gasteiger partial charge in [0.15, 0.2) is 0 Å². The van der Waals surface area contributed by atoms with Crippen LogP contribution < -0.4 is 0 Å². The van der Waals surface area contributed by atoms with E-state index in [1.165, 1.54) is 23.2 Å². The third kappa shape index (κ3) is 4.04. The van der Waals surface area contributed by atoms with Crippen LogP contribution in [0.2, 0.25) is 0 Å². The largest absolute Gasteiger partial charge is 0.480 e. The van der Waals surface area contributed by atoms with Gasteiger partial charge in [0.25, 0.3) is 12.3 Å². The molecule has 0 aromatic carbocycles. The first-order valence-electron chi connectivity index (χ1n) is 6.32. The Kier molecular flexibility index (Phi) is 5.66. The summed E-state index contributed by atoms with van der Waals surface area (Å²) in [5.74, 6) is -1.68. The van der Waals surface area contributed by atoms with Crippen LogP contribution >= 0.6 is 0 Å². The maximum absolute atomic E-state index is 12.4. The molecule has 1 aromatic rings. The van der Waals surface area contributed by atoms with Gasteiger partial charge in [-0.2, -0.15) is 0 Å². The van der Waals surface area contributed by atoms with Gasteiger partial charge in [0.1, 0.15) is 12.2 Å². The van der Waals surface area contributed by atoms with Gasteiger partial charge in [-0.25, -0.2) is 8.78 Å². The van der Waals surface area contributed by atoms with Gasteiger partial charge in [0, 0.05) is 12.2 Å². The second-order valence-corrected chi connectivity index (χ2v) is 4.52. The quantitative estimate of drug-likeness (QED) is 0.835. The van der Waals surface area contributed by atoms with Crippen LogP contribution in [0.5, 0.6) is 0 Å². The molecule has 0 aliphatic heterocycles. The van der Waals surface area contributed by atoms with Crippen molar-refractivity contribution < 1.29 is 23.5 Å². The molecule has 1 rings (SSSR count). The zero-order chi connectivity index (χ0) is 15.3. The zero-order valence-corrected chi connectivity index (χ0v) is 11.4. The lowest BCUT2D eigenvalue weighted by Crippen LogP contribution is -2.42. The summed E-state index contributed by atoms with van der Waals surface area (Å²) in [7, 11) is 0. The van der Waals surface area contributed by atoms with E-state index < -0.39 is 31.4 Å². The first-order chi connectivity index (χ1) is 9.36. The maximum Gasteiger partial charge on any atom is 0.323 e. The molecular formula is C13H18F2N2O3. The van der Waals surface area contributed by atoms with Crippen LogP contribution in [0.1, 0.15) is 30.8 Å². The molecule has 1 atom stereocenters. The monoisotopic (exact) mass is 288 g/mol. The second kappa shape index (κ2) is 7.02. The van der Waals surface area contributed by atoms with Gasteiger partial charge in [0.05, 0.1) is 6.54 Å². The van der Waals surface area contributed by atoms with Gasteiger partial charge in [-0.15, -0.1) is 0 Å². The number of hydrogen-bond donors (Lipinski definition) is 1. The molecule has 20 heavy (non-hydrogen) atoms. The number of amides is 1. The van der Waals surface area contributed by atoms with Crippen LogP contribution in [-0.2, 0) is 11.3 Å². The molecule has 0 saturated heterocycles. The van der Waals surface area contributed by atoms with E-state index in [1.807, 2.05) is 6.92 Å². The fourth-order valence-electron chi connectivity index (χ4n) is 1.86. The second-order valence-electron chi connectivity index (χ2n) is 4.52. The van der Waals surface area contributed by atoms with Crippen LogP contribution in [0.4, 0.5) is 8.78 Å². The summed E-state index contributed by atoms with van der Waals surface area (Å²) in [5, 5.41) is 8.87. The molecule has 0 bridgehead atoms. The van der Waals surface area contributed by atoms with Gasteiger partial charge in [-0.05, 0) is 25.5 Å². The van der Waals surface area contributed by atoms with E-state index in [0.29, 0.717) is 6.42 Å². The minimum atomic E-state index is -2.58. The maximum atomic E-state index is 12.4. The molecule has 1 heterocycles. The third-order valence-electron chi connectivity index (χ3n) is 3.07. The molecule has 1 unspecified atom stereocenters. The summed E-state index contributed by atoms with van der Waals surface area (Å²) >= 11 is 0. The third-order valence-corrected chi connectivity index (χ3v) is 3.07. The Hall–Kier alpha value is -1.92. The van der Waals surface area contributed by atoms with Gasteiger partial charge in [-0.1, -0.05) is 6.92 Å². The summed E-state index contributed by atoms with van der Waals surface area (Å²) in [4.78, 5) is 24.4. The molecule has 1 amide bonds. The molecule has 1 aromatic heterocycles. The smallest absolute Gasteiger partial charge is 0.323 e. The number of carboxylic acid groups (broad SMARTS) is 1. The van der Waals surface area contributed by atoms with E-state index in [0.717, 1.165) is 4.57 Å². The van der Waals surface area contributed by atoms with E-state index in [4.69, 9.17) is 5.11 Å². The summed E-state index contributed by atoms with van der Waals surface area (Å²) in [6, 6.07) is 2.63. The van der Waals surface area contributed by atoms with Gasteiger partial charge >= 0.3 is 5.97 Å². The number of carbonyl (C=O) groups is 2. The first kappa shape index (κ1) is 16.1. The Balaban J connectivity index is 3.00. The Morgan fingerprint density at radius 1 is 1.45 bits per heavy atom. The van der Waals surface area contributed by atoms with Gasteiger partial charge in [-0.3, -0.25) is 9.59 Å². The lowest BCUT2D eigenvalue weighted by molar-refractivity contribution is -0.138. The van der Waals surface area contributed by atoms with Crippen molar-refractivity contribution in [3.05, 3.63) is 24.0 Å². The number of aliphatic carboxylic acids is 1. The van der Waals surface area contributed by atoms with E-state index in [9.17, 15) is 18.4 Å². The highest BCUT2D eigenvalue weighted by atomic mass is 19.3.